The maximum absolute atomic E-state index is 13.1. The summed E-state index contributed by atoms with van der Waals surface area (Å²) < 4.78 is 58.3. The average molecular weight is 479 g/mol. The fourth-order valence-electron chi connectivity index (χ4n) is 3.39. The van der Waals surface area contributed by atoms with Crippen molar-refractivity contribution in [2.45, 2.75) is 11.2 Å². The predicted molar refractivity (Wildman–Crippen MR) is 112 cm³/mol. The number of alkyl halides is 2. The summed E-state index contributed by atoms with van der Waals surface area (Å²) in [5.74, 6) is -0.865. The van der Waals surface area contributed by atoms with Gasteiger partial charge < -0.3 is 19.3 Å². The molecule has 1 fully saturated rings. The maximum atomic E-state index is 13.1. The van der Waals surface area contributed by atoms with E-state index in [1.807, 2.05) is 0 Å². The minimum Gasteiger partial charge on any atom is -0.395 e. The van der Waals surface area contributed by atoms with Crippen molar-refractivity contribution >= 4 is 27.7 Å². The van der Waals surface area contributed by atoms with Gasteiger partial charge in [0.2, 0.25) is 5.91 Å². The van der Waals surface area contributed by atoms with E-state index in [4.69, 9.17) is 0 Å². The van der Waals surface area contributed by atoms with Crippen molar-refractivity contribution in [1.82, 2.24) is 14.8 Å². The number of ether oxygens (including phenoxy) is 2. The molecule has 2 aliphatic heterocycles. The van der Waals surface area contributed by atoms with Gasteiger partial charge in [0.1, 0.15) is 0 Å². The van der Waals surface area contributed by atoms with E-state index in [-0.39, 0.29) is 60.0 Å². The van der Waals surface area contributed by atoms with Gasteiger partial charge in [0, 0.05) is 50.9 Å². The number of carbonyl (C=O) groups excluding carboxylic acids is 2. The molecule has 33 heavy (non-hydrogen) atoms. The number of nitrogens with zero attached hydrogens (tertiary/aromatic N) is 3. The monoisotopic (exact) mass is 479 g/mol. The largest absolute Gasteiger partial charge is 0.586 e. The molecule has 1 aromatic carbocycles. The van der Waals surface area contributed by atoms with Gasteiger partial charge in [-0.1, -0.05) is 6.07 Å². The van der Waals surface area contributed by atoms with Crippen LogP contribution in [0.4, 0.5) is 8.78 Å². The number of aromatic nitrogens is 1. The third kappa shape index (κ3) is 5.11. The molecule has 0 spiro atoms. The number of hydrogen-bond donors (Lipinski definition) is 0. The Kier molecular flexibility index (Phi) is 5.78. The minimum absolute atomic E-state index is 0.0421. The molecule has 0 N–H and O–H groups in total. The van der Waals surface area contributed by atoms with Crippen molar-refractivity contribution in [3.63, 3.8) is 0 Å². The zero-order chi connectivity index (χ0) is 23.8. The van der Waals surface area contributed by atoms with E-state index < -0.39 is 16.1 Å². The summed E-state index contributed by atoms with van der Waals surface area (Å²) in [4.78, 5) is 32.1. The van der Waals surface area contributed by atoms with E-state index in [0.29, 0.717) is 5.56 Å². The van der Waals surface area contributed by atoms with Crippen molar-refractivity contribution in [2.24, 2.45) is 0 Å². The first-order valence-electron chi connectivity index (χ1n) is 9.83. The lowest BCUT2D eigenvalue weighted by atomic mass is 10.2. The van der Waals surface area contributed by atoms with Crippen LogP contribution < -0.4 is 9.47 Å². The third-order valence-corrected chi connectivity index (χ3v) is 6.19. The summed E-state index contributed by atoms with van der Waals surface area (Å²) in [5.41, 5.74) is 0.640. The number of benzene rings is 1. The molecule has 4 rings (SSSR count). The average Bonchev–Trinajstić information content (AvgIpc) is 3.09. The van der Waals surface area contributed by atoms with E-state index in [1.165, 1.54) is 53.7 Å². The summed E-state index contributed by atoms with van der Waals surface area (Å²) in [6, 6.07) is 5.47. The molecule has 1 saturated heterocycles. The van der Waals surface area contributed by atoms with Crippen LogP contribution in [-0.4, -0.2) is 73.7 Å². The zero-order valence-corrected chi connectivity index (χ0v) is 18.2. The maximum Gasteiger partial charge on any atom is 0.586 e. The SMILES string of the molecule is CS(=O)(=O)c1cncc(C(=O)N2CCN(C(=O)/C=C/c3ccc4c(c3)OC(F)(F)O4)CC2)c1. The zero-order valence-electron chi connectivity index (χ0n) is 17.4. The standard InChI is InChI=1S/C21H19F2N3O6S/c1-33(29,30)16-11-15(12-24-13-16)20(28)26-8-6-25(7-9-26)19(27)5-3-14-2-4-17-18(10-14)32-21(22,23)31-17/h2-5,10-13H,6-9H2,1H3/b5-3+. The number of hydrogen-bond acceptors (Lipinski definition) is 7. The van der Waals surface area contributed by atoms with Crippen molar-refractivity contribution in [1.29, 1.82) is 0 Å². The highest BCUT2D eigenvalue weighted by Gasteiger charge is 2.43. The molecule has 1 aromatic heterocycles. The number of piperazine rings is 1. The molecule has 9 nitrogen and oxygen atoms in total. The number of carbonyl (C=O) groups is 2. The molecule has 0 aliphatic carbocycles. The first kappa shape index (κ1) is 22.6. The number of fused-ring (bicyclic) bond motifs is 1. The van der Waals surface area contributed by atoms with E-state index in [2.05, 4.69) is 14.5 Å². The van der Waals surface area contributed by atoms with Crippen molar-refractivity contribution in [3.8, 4) is 11.5 Å². The Morgan fingerprint density at radius 3 is 2.39 bits per heavy atom. The number of sulfone groups is 1. The van der Waals surface area contributed by atoms with Gasteiger partial charge in [0.25, 0.3) is 5.91 Å². The van der Waals surface area contributed by atoms with Crippen LogP contribution in [0.3, 0.4) is 0 Å². The second-order valence-corrected chi connectivity index (χ2v) is 9.52. The Bertz CT molecular complexity index is 1240. The van der Waals surface area contributed by atoms with E-state index in [9.17, 15) is 26.8 Å². The highest BCUT2D eigenvalue weighted by molar-refractivity contribution is 7.90. The lowest BCUT2D eigenvalue weighted by Crippen LogP contribution is -2.50. The second-order valence-electron chi connectivity index (χ2n) is 7.51. The molecular weight excluding hydrogens is 460 g/mol. The Morgan fingerprint density at radius 1 is 1.03 bits per heavy atom. The topological polar surface area (TPSA) is 106 Å². The Hall–Kier alpha value is -3.54. The van der Waals surface area contributed by atoms with Crippen LogP contribution >= 0.6 is 0 Å². The molecule has 3 heterocycles. The van der Waals surface area contributed by atoms with Crippen LogP contribution in [0.15, 0.2) is 47.6 Å². The number of pyridine rings is 1. The normalized spacial score (nSPS) is 17.4. The molecule has 0 bridgehead atoms. The summed E-state index contributed by atoms with van der Waals surface area (Å²) in [6.45, 7) is 1.09. The molecule has 12 heteroatoms. The predicted octanol–water partition coefficient (Wildman–Crippen LogP) is 1.80. The van der Waals surface area contributed by atoms with Gasteiger partial charge in [-0.05, 0) is 29.8 Å². The lowest BCUT2D eigenvalue weighted by molar-refractivity contribution is -0.286. The van der Waals surface area contributed by atoms with Crippen LogP contribution in [0.5, 0.6) is 11.5 Å². The molecule has 0 radical (unpaired) electrons. The van der Waals surface area contributed by atoms with Gasteiger partial charge in [0.15, 0.2) is 21.3 Å². The first-order chi connectivity index (χ1) is 15.5. The molecule has 0 saturated carbocycles. The Morgan fingerprint density at radius 2 is 1.70 bits per heavy atom. The highest BCUT2D eigenvalue weighted by Crippen LogP contribution is 2.41. The first-order valence-corrected chi connectivity index (χ1v) is 11.7. The number of halogens is 2. The van der Waals surface area contributed by atoms with E-state index >= 15 is 0 Å². The minimum atomic E-state index is -3.71. The molecule has 2 aromatic rings. The van der Waals surface area contributed by atoms with Crippen LogP contribution in [-0.2, 0) is 14.6 Å². The van der Waals surface area contributed by atoms with E-state index in [0.717, 1.165) is 6.26 Å². The van der Waals surface area contributed by atoms with E-state index in [1.54, 1.807) is 4.90 Å². The fraction of sp³-hybridized carbons (Fsp3) is 0.286. The van der Waals surface area contributed by atoms with Crippen molar-refractivity contribution in [2.75, 3.05) is 32.4 Å². The van der Waals surface area contributed by atoms with Gasteiger partial charge in [-0.25, -0.2) is 8.42 Å². The summed E-state index contributed by atoms with van der Waals surface area (Å²) in [5, 5.41) is 0. The Balaban J connectivity index is 1.35. The van der Waals surface area contributed by atoms with Crippen molar-refractivity contribution < 1.29 is 36.3 Å². The molecular formula is C21H19F2N3O6S. The number of amides is 2. The summed E-state index contributed by atoms with van der Waals surface area (Å²) in [7, 11) is -3.49. The molecule has 0 unspecified atom stereocenters. The van der Waals surface area contributed by atoms with Crippen LogP contribution in [0.1, 0.15) is 15.9 Å². The van der Waals surface area contributed by atoms with Crippen LogP contribution in [0.2, 0.25) is 0 Å². The van der Waals surface area contributed by atoms with Gasteiger partial charge >= 0.3 is 6.29 Å². The van der Waals surface area contributed by atoms with Gasteiger partial charge in [0.05, 0.1) is 10.5 Å². The number of rotatable bonds is 4. The lowest BCUT2D eigenvalue weighted by Gasteiger charge is -2.34. The molecule has 174 valence electrons. The van der Waals surface area contributed by atoms with Gasteiger partial charge in [-0.2, -0.15) is 0 Å². The Labute approximate surface area is 188 Å². The van der Waals surface area contributed by atoms with Gasteiger partial charge in [-0.15, -0.1) is 8.78 Å². The summed E-state index contributed by atoms with van der Waals surface area (Å²) in [6.07, 6.45) is 2.60. The highest BCUT2D eigenvalue weighted by atomic mass is 32.2. The van der Waals surface area contributed by atoms with Crippen molar-refractivity contribution in [3.05, 3.63) is 53.9 Å². The quantitative estimate of drug-likeness (QED) is 0.616. The van der Waals surface area contributed by atoms with Crippen LogP contribution in [0.25, 0.3) is 6.08 Å². The summed E-state index contributed by atoms with van der Waals surface area (Å²) >= 11 is 0. The second kappa shape index (κ2) is 8.43. The smallest absolute Gasteiger partial charge is 0.395 e. The fourth-order valence-corrected chi connectivity index (χ4v) is 3.99. The van der Waals surface area contributed by atoms with Gasteiger partial charge in [-0.3, -0.25) is 14.6 Å². The molecule has 2 amide bonds. The molecule has 2 aliphatic rings. The molecule has 0 atom stereocenters. The third-order valence-electron chi connectivity index (χ3n) is 5.11. The van der Waals surface area contributed by atoms with Crippen LogP contribution in [0, 0.1) is 0 Å².